The van der Waals surface area contributed by atoms with Crippen LogP contribution in [0.2, 0.25) is 0 Å². The van der Waals surface area contributed by atoms with Gasteiger partial charge in [-0.3, -0.25) is 14.9 Å². The zero-order chi connectivity index (χ0) is 15.8. The molecule has 0 bridgehead atoms. The Morgan fingerprint density at radius 3 is 2.67 bits per heavy atom. The number of nitrogens with zero attached hydrogens (tertiary/aromatic N) is 2. The molecule has 0 heterocycles. The van der Waals surface area contributed by atoms with E-state index in [9.17, 15) is 14.9 Å². The number of carbonyl (C=O) groups is 1. The number of rotatable bonds is 8. The zero-order valence-electron chi connectivity index (χ0n) is 12.2. The molecule has 1 aromatic carbocycles. The van der Waals surface area contributed by atoms with Gasteiger partial charge in [0.25, 0.3) is 5.91 Å². The number of hydrogen-bond donors (Lipinski definition) is 0. The molecule has 0 aliphatic carbocycles. The van der Waals surface area contributed by atoms with Crippen LogP contribution in [-0.4, -0.2) is 42.3 Å². The molecule has 0 N–H and O–H groups in total. The Kier molecular flexibility index (Phi) is 6.94. The number of methoxy groups -OCH3 is 1. The molecule has 0 radical (unpaired) electrons. The molecule has 0 aliphatic heterocycles. The van der Waals surface area contributed by atoms with Crippen molar-refractivity contribution in [3.8, 4) is 5.75 Å². The Morgan fingerprint density at radius 1 is 1.38 bits per heavy atom. The minimum Gasteiger partial charge on any atom is -0.490 e. The molecular formula is C14H19ClN2O4. The summed E-state index contributed by atoms with van der Waals surface area (Å²) in [5.74, 6) is 0.510. The van der Waals surface area contributed by atoms with Crippen LogP contribution in [0.3, 0.4) is 0 Å². The van der Waals surface area contributed by atoms with Crippen molar-refractivity contribution >= 4 is 23.2 Å². The summed E-state index contributed by atoms with van der Waals surface area (Å²) < 4.78 is 4.91. The first-order valence-corrected chi connectivity index (χ1v) is 7.18. The molecule has 0 atom stereocenters. The second-order valence-electron chi connectivity index (χ2n) is 4.62. The molecule has 0 fully saturated rings. The summed E-state index contributed by atoms with van der Waals surface area (Å²) in [7, 11) is 3.03. The summed E-state index contributed by atoms with van der Waals surface area (Å²) >= 11 is 5.59. The van der Waals surface area contributed by atoms with Crippen LogP contribution in [0.25, 0.3) is 0 Å². The Labute approximate surface area is 128 Å². The first kappa shape index (κ1) is 17.2. The molecule has 1 amide bonds. The summed E-state index contributed by atoms with van der Waals surface area (Å²) in [6.07, 6.45) is 2.72. The van der Waals surface area contributed by atoms with Gasteiger partial charge in [0.15, 0.2) is 5.75 Å². The minimum absolute atomic E-state index is 0.140. The van der Waals surface area contributed by atoms with Crippen LogP contribution >= 0.6 is 11.6 Å². The van der Waals surface area contributed by atoms with Crippen molar-refractivity contribution in [1.82, 2.24) is 4.90 Å². The third-order valence-corrected chi connectivity index (χ3v) is 3.36. The van der Waals surface area contributed by atoms with Crippen molar-refractivity contribution in [2.45, 2.75) is 19.3 Å². The molecule has 0 aromatic heterocycles. The molecule has 1 aromatic rings. The third-order valence-electron chi connectivity index (χ3n) is 3.10. The van der Waals surface area contributed by atoms with Gasteiger partial charge in [-0.2, -0.15) is 0 Å². The molecule has 6 nitrogen and oxygen atoms in total. The largest absolute Gasteiger partial charge is 0.490 e. The highest BCUT2D eigenvalue weighted by molar-refractivity contribution is 6.17. The summed E-state index contributed by atoms with van der Waals surface area (Å²) in [4.78, 5) is 24.2. The maximum absolute atomic E-state index is 12.2. The van der Waals surface area contributed by atoms with Crippen LogP contribution in [0.5, 0.6) is 5.75 Å². The number of carbonyl (C=O) groups excluding carboxylic acids is 1. The van der Waals surface area contributed by atoms with Crippen molar-refractivity contribution < 1.29 is 14.5 Å². The van der Waals surface area contributed by atoms with Gasteiger partial charge in [0, 0.05) is 31.1 Å². The van der Waals surface area contributed by atoms with Gasteiger partial charge < -0.3 is 9.64 Å². The monoisotopic (exact) mass is 314 g/mol. The molecule has 0 saturated heterocycles. The Balaban J connectivity index is 2.77. The van der Waals surface area contributed by atoms with E-state index in [-0.39, 0.29) is 22.9 Å². The first-order valence-electron chi connectivity index (χ1n) is 6.65. The zero-order valence-corrected chi connectivity index (χ0v) is 12.9. The van der Waals surface area contributed by atoms with Gasteiger partial charge in [0.2, 0.25) is 0 Å². The van der Waals surface area contributed by atoms with Crippen LogP contribution < -0.4 is 4.74 Å². The Hall–Kier alpha value is -1.82. The Morgan fingerprint density at radius 2 is 2.10 bits per heavy atom. The summed E-state index contributed by atoms with van der Waals surface area (Å²) in [6, 6.07) is 4.21. The minimum atomic E-state index is -0.559. The number of amides is 1. The van der Waals surface area contributed by atoms with E-state index in [0.29, 0.717) is 12.4 Å². The van der Waals surface area contributed by atoms with Gasteiger partial charge >= 0.3 is 5.69 Å². The van der Waals surface area contributed by atoms with Gasteiger partial charge in [-0.15, -0.1) is 11.6 Å². The maximum Gasteiger partial charge on any atom is 0.311 e. The lowest BCUT2D eigenvalue weighted by atomic mass is 10.1. The van der Waals surface area contributed by atoms with Crippen LogP contribution in [0.4, 0.5) is 5.69 Å². The number of nitro groups is 1. The number of halogens is 1. The highest BCUT2D eigenvalue weighted by atomic mass is 35.5. The van der Waals surface area contributed by atoms with Gasteiger partial charge in [-0.1, -0.05) is 6.42 Å². The van der Waals surface area contributed by atoms with Crippen LogP contribution in [0.15, 0.2) is 18.2 Å². The van der Waals surface area contributed by atoms with Crippen molar-refractivity contribution in [3.63, 3.8) is 0 Å². The molecule has 0 saturated carbocycles. The SMILES string of the molecule is COc1ccc(C(=O)N(C)CCCCCCl)cc1[N+](=O)[O-]. The van der Waals surface area contributed by atoms with E-state index >= 15 is 0 Å². The Bertz CT molecular complexity index is 508. The second kappa shape index (κ2) is 8.46. The van der Waals surface area contributed by atoms with E-state index in [1.165, 1.54) is 25.3 Å². The molecule has 21 heavy (non-hydrogen) atoms. The number of benzene rings is 1. The number of ether oxygens (including phenoxy) is 1. The average Bonchev–Trinajstić information content (AvgIpc) is 2.49. The van der Waals surface area contributed by atoms with Crippen molar-refractivity contribution in [1.29, 1.82) is 0 Å². The van der Waals surface area contributed by atoms with Crippen LogP contribution in [0.1, 0.15) is 29.6 Å². The maximum atomic E-state index is 12.2. The van der Waals surface area contributed by atoms with E-state index in [1.54, 1.807) is 11.9 Å². The molecule has 0 unspecified atom stereocenters. The standard InChI is InChI=1S/C14H19ClN2O4/c1-16(9-5-3-4-8-15)14(18)11-6-7-13(21-2)12(10-11)17(19)20/h6-7,10H,3-5,8-9H2,1-2H3. The number of unbranched alkanes of at least 4 members (excludes halogenated alkanes) is 2. The van der Waals surface area contributed by atoms with Crippen LogP contribution in [0, 0.1) is 10.1 Å². The van der Waals surface area contributed by atoms with E-state index in [4.69, 9.17) is 16.3 Å². The third kappa shape index (κ3) is 4.90. The summed E-state index contributed by atoms with van der Waals surface area (Å²) in [6.45, 7) is 0.593. The second-order valence-corrected chi connectivity index (χ2v) is 5.00. The number of nitro benzene ring substituents is 1. The number of alkyl halides is 1. The van der Waals surface area contributed by atoms with E-state index < -0.39 is 4.92 Å². The summed E-state index contributed by atoms with van der Waals surface area (Å²) in [5, 5.41) is 11.0. The molecule has 0 aliphatic rings. The highest BCUT2D eigenvalue weighted by Crippen LogP contribution is 2.27. The van der Waals surface area contributed by atoms with Crippen molar-refractivity contribution in [2.75, 3.05) is 26.6 Å². The fourth-order valence-corrected chi connectivity index (χ4v) is 2.10. The van der Waals surface area contributed by atoms with Gasteiger partial charge in [0.05, 0.1) is 12.0 Å². The topological polar surface area (TPSA) is 72.7 Å². The van der Waals surface area contributed by atoms with Gasteiger partial charge in [-0.05, 0) is 25.0 Å². The van der Waals surface area contributed by atoms with Gasteiger partial charge in [0.1, 0.15) is 0 Å². The molecule has 116 valence electrons. The average molecular weight is 315 g/mol. The van der Waals surface area contributed by atoms with Crippen molar-refractivity contribution in [2.24, 2.45) is 0 Å². The molecular weight excluding hydrogens is 296 g/mol. The smallest absolute Gasteiger partial charge is 0.311 e. The van der Waals surface area contributed by atoms with E-state index in [1.807, 2.05) is 0 Å². The lowest BCUT2D eigenvalue weighted by Crippen LogP contribution is -2.27. The fourth-order valence-electron chi connectivity index (χ4n) is 1.91. The van der Waals surface area contributed by atoms with E-state index in [2.05, 4.69) is 0 Å². The number of hydrogen-bond acceptors (Lipinski definition) is 4. The van der Waals surface area contributed by atoms with Crippen LogP contribution in [-0.2, 0) is 0 Å². The van der Waals surface area contributed by atoms with Gasteiger partial charge in [-0.25, -0.2) is 0 Å². The lowest BCUT2D eigenvalue weighted by molar-refractivity contribution is -0.385. The first-order chi connectivity index (χ1) is 10.0. The van der Waals surface area contributed by atoms with Crippen molar-refractivity contribution in [3.05, 3.63) is 33.9 Å². The molecule has 0 spiro atoms. The summed E-state index contributed by atoms with van der Waals surface area (Å²) in [5.41, 5.74) is 0.0706. The fraction of sp³-hybridized carbons (Fsp3) is 0.500. The quantitative estimate of drug-likeness (QED) is 0.320. The molecule has 7 heteroatoms. The highest BCUT2D eigenvalue weighted by Gasteiger charge is 2.19. The predicted octanol–water partition coefficient (Wildman–Crippen LogP) is 3.08. The van der Waals surface area contributed by atoms with E-state index in [0.717, 1.165) is 19.3 Å². The lowest BCUT2D eigenvalue weighted by Gasteiger charge is -2.17. The predicted molar refractivity (Wildman–Crippen MR) is 81.2 cm³/mol. The normalized spacial score (nSPS) is 10.2. The molecule has 1 rings (SSSR count).